The van der Waals surface area contributed by atoms with E-state index in [4.69, 9.17) is 0 Å². The van der Waals surface area contributed by atoms with E-state index in [-0.39, 0.29) is 0 Å². The number of piperidine rings is 1. The minimum Gasteiger partial charge on any atom is -0.306 e. The predicted molar refractivity (Wildman–Crippen MR) is 54.2 cm³/mol. The maximum Gasteiger partial charge on any atom is -0.00134 e. The van der Waals surface area contributed by atoms with Gasteiger partial charge in [-0.05, 0) is 44.8 Å². The zero-order chi connectivity index (χ0) is 9.03. The van der Waals surface area contributed by atoms with Gasteiger partial charge in [0.2, 0.25) is 0 Å². The minimum atomic E-state index is 0.355. The van der Waals surface area contributed by atoms with Gasteiger partial charge in [0.25, 0.3) is 0 Å². The molecule has 0 saturated carbocycles. The Morgan fingerprint density at radius 1 is 1.33 bits per heavy atom. The van der Waals surface area contributed by atoms with Crippen molar-refractivity contribution in [1.29, 1.82) is 0 Å². The van der Waals surface area contributed by atoms with Gasteiger partial charge in [0.1, 0.15) is 0 Å². The van der Waals surface area contributed by atoms with Crippen molar-refractivity contribution < 1.29 is 0 Å². The number of hydrogen-bond donors (Lipinski definition) is 0. The van der Waals surface area contributed by atoms with Crippen molar-refractivity contribution in [3.8, 4) is 0 Å². The van der Waals surface area contributed by atoms with Gasteiger partial charge >= 0.3 is 0 Å². The summed E-state index contributed by atoms with van der Waals surface area (Å²) in [5.41, 5.74) is 0.355. The highest BCUT2D eigenvalue weighted by Gasteiger charge is 2.28. The average Bonchev–Trinajstić information content (AvgIpc) is 2.10. The molecule has 1 aliphatic rings. The molecule has 0 amide bonds. The lowest BCUT2D eigenvalue weighted by atomic mass is 9.76. The van der Waals surface area contributed by atoms with E-state index in [0.717, 1.165) is 6.42 Å². The molecule has 1 saturated heterocycles. The summed E-state index contributed by atoms with van der Waals surface area (Å²) in [6.45, 7) is 10.1. The van der Waals surface area contributed by atoms with Gasteiger partial charge < -0.3 is 4.90 Å². The van der Waals surface area contributed by atoms with E-state index in [1.165, 1.54) is 25.9 Å². The van der Waals surface area contributed by atoms with Crippen LogP contribution < -0.4 is 0 Å². The average molecular weight is 165 g/mol. The third-order valence-electron chi connectivity index (χ3n) is 2.97. The molecule has 0 unspecified atom stereocenters. The van der Waals surface area contributed by atoms with Crippen molar-refractivity contribution in [2.45, 2.75) is 19.3 Å². The van der Waals surface area contributed by atoms with Gasteiger partial charge in [0, 0.05) is 0 Å². The van der Waals surface area contributed by atoms with Crippen molar-refractivity contribution in [3.05, 3.63) is 25.3 Å². The van der Waals surface area contributed by atoms with Crippen LogP contribution >= 0.6 is 0 Å². The monoisotopic (exact) mass is 165 g/mol. The Morgan fingerprint density at radius 3 is 2.33 bits per heavy atom. The first-order chi connectivity index (χ1) is 5.72. The molecule has 0 N–H and O–H groups in total. The van der Waals surface area contributed by atoms with Crippen LogP contribution in [-0.4, -0.2) is 25.0 Å². The third-order valence-corrected chi connectivity index (χ3v) is 2.97. The van der Waals surface area contributed by atoms with Crippen LogP contribution in [0.5, 0.6) is 0 Å². The Balaban J connectivity index is 2.56. The SMILES string of the molecule is C=CCC1(C=C)CCN(C)CC1. The summed E-state index contributed by atoms with van der Waals surface area (Å²) in [7, 11) is 2.18. The third kappa shape index (κ3) is 1.98. The van der Waals surface area contributed by atoms with Gasteiger partial charge in [-0.2, -0.15) is 0 Å². The van der Waals surface area contributed by atoms with Crippen LogP contribution in [0.2, 0.25) is 0 Å². The lowest BCUT2D eigenvalue weighted by Gasteiger charge is -2.37. The van der Waals surface area contributed by atoms with Crippen molar-refractivity contribution in [2.75, 3.05) is 20.1 Å². The van der Waals surface area contributed by atoms with Gasteiger partial charge in [0.15, 0.2) is 0 Å². The number of allylic oxidation sites excluding steroid dienone is 2. The molecule has 0 aliphatic carbocycles. The normalized spacial score (nSPS) is 23.4. The lowest BCUT2D eigenvalue weighted by Crippen LogP contribution is -2.36. The second-order valence-corrected chi connectivity index (χ2v) is 3.86. The quantitative estimate of drug-likeness (QED) is 0.581. The molecule has 0 atom stereocenters. The Hall–Kier alpha value is -0.560. The maximum absolute atomic E-state index is 3.93. The molecule has 0 radical (unpaired) electrons. The Bertz CT molecular complexity index is 164. The molecular weight excluding hydrogens is 146 g/mol. The minimum absolute atomic E-state index is 0.355. The molecule has 0 bridgehead atoms. The molecule has 1 nitrogen and oxygen atoms in total. The van der Waals surface area contributed by atoms with Gasteiger partial charge in [-0.3, -0.25) is 0 Å². The number of nitrogens with zero attached hydrogens (tertiary/aromatic N) is 1. The molecule has 1 fully saturated rings. The van der Waals surface area contributed by atoms with E-state index < -0.39 is 0 Å². The van der Waals surface area contributed by atoms with Gasteiger partial charge in [-0.1, -0.05) is 12.2 Å². The van der Waals surface area contributed by atoms with Crippen molar-refractivity contribution >= 4 is 0 Å². The molecule has 68 valence electrons. The van der Waals surface area contributed by atoms with Crippen LogP contribution in [0.4, 0.5) is 0 Å². The second kappa shape index (κ2) is 3.90. The van der Waals surface area contributed by atoms with Crippen molar-refractivity contribution in [2.24, 2.45) is 5.41 Å². The number of rotatable bonds is 3. The standard InChI is InChI=1S/C11H19N/c1-4-6-11(5-2)7-9-12(3)10-8-11/h4-5H,1-2,6-10H2,3H3. The van der Waals surface area contributed by atoms with E-state index in [2.05, 4.69) is 31.2 Å². The molecule has 1 heterocycles. The van der Waals surface area contributed by atoms with Crippen LogP contribution in [0.1, 0.15) is 19.3 Å². The summed E-state index contributed by atoms with van der Waals surface area (Å²) in [6.07, 6.45) is 7.71. The largest absolute Gasteiger partial charge is 0.306 e. The first-order valence-electron chi connectivity index (χ1n) is 4.65. The molecule has 0 aromatic carbocycles. The summed E-state index contributed by atoms with van der Waals surface area (Å²) in [5.74, 6) is 0. The topological polar surface area (TPSA) is 3.24 Å². The first kappa shape index (κ1) is 9.53. The Morgan fingerprint density at radius 2 is 1.92 bits per heavy atom. The first-order valence-corrected chi connectivity index (χ1v) is 4.65. The summed E-state index contributed by atoms with van der Waals surface area (Å²) in [4.78, 5) is 2.38. The van der Waals surface area contributed by atoms with Crippen LogP contribution in [0, 0.1) is 5.41 Å². The lowest BCUT2D eigenvalue weighted by molar-refractivity contribution is 0.167. The molecule has 1 heteroatoms. The maximum atomic E-state index is 3.93. The van der Waals surface area contributed by atoms with Crippen LogP contribution in [-0.2, 0) is 0 Å². The highest BCUT2D eigenvalue weighted by molar-refractivity contribution is 5.01. The van der Waals surface area contributed by atoms with E-state index in [0.29, 0.717) is 5.41 Å². The number of likely N-dealkylation sites (tertiary alicyclic amines) is 1. The van der Waals surface area contributed by atoms with Gasteiger partial charge in [0.05, 0.1) is 0 Å². The molecule has 0 aromatic rings. The smallest absolute Gasteiger partial charge is 0.00134 e. The van der Waals surface area contributed by atoms with E-state index in [9.17, 15) is 0 Å². The second-order valence-electron chi connectivity index (χ2n) is 3.86. The highest BCUT2D eigenvalue weighted by Crippen LogP contribution is 2.35. The molecule has 1 rings (SSSR count). The highest BCUT2D eigenvalue weighted by atomic mass is 15.1. The zero-order valence-corrected chi connectivity index (χ0v) is 8.05. The predicted octanol–water partition coefficient (Wildman–Crippen LogP) is 2.46. The van der Waals surface area contributed by atoms with Crippen molar-refractivity contribution in [3.63, 3.8) is 0 Å². The molecule has 0 spiro atoms. The molecule has 0 aromatic heterocycles. The molecule has 12 heavy (non-hydrogen) atoms. The summed E-state index contributed by atoms with van der Waals surface area (Å²) >= 11 is 0. The summed E-state index contributed by atoms with van der Waals surface area (Å²) in [5, 5.41) is 0. The van der Waals surface area contributed by atoms with Crippen molar-refractivity contribution in [1.82, 2.24) is 4.90 Å². The fourth-order valence-corrected chi connectivity index (χ4v) is 1.84. The Labute approximate surface area is 75.8 Å². The molecule has 1 aliphatic heterocycles. The van der Waals surface area contributed by atoms with Crippen LogP contribution in [0.25, 0.3) is 0 Å². The summed E-state index contributed by atoms with van der Waals surface area (Å²) in [6, 6.07) is 0. The zero-order valence-electron chi connectivity index (χ0n) is 8.05. The van der Waals surface area contributed by atoms with Crippen LogP contribution in [0.15, 0.2) is 25.3 Å². The van der Waals surface area contributed by atoms with E-state index in [1.54, 1.807) is 0 Å². The Kier molecular flexibility index (Phi) is 3.10. The van der Waals surface area contributed by atoms with Crippen LogP contribution in [0.3, 0.4) is 0 Å². The fourth-order valence-electron chi connectivity index (χ4n) is 1.84. The van der Waals surface area contributed by atoms with Gasteiger partial charge in [-0.25, -0.2) is 0 Å². The fraction of sp³-hybridized carbons (Fsp3) is 0.636. The summed E-state index contributed by atoms with van der Waals surface area (Å²) < 4.78 is 0. The van der Waals surface area contributed by atoms with E-state index >= 15 is 0 Å². The number of hydrogen-bond acceptors (Lipinski definition) is 1. The molecular formula is C11H19N. The van der Waals surface area contributed by atoms with E-state index in [1.807, 2.05) is 6.08 Å². The van der Waals surface area contributed by atoms with Gasteiger partial charge in [-0.15, -0.1) is 13.2 Å².